The lowest BCUT2D eigenvalue weighted by molar-refractivity contribution is 0.0696. The molecule has 0 spiro atoms. The first kappa shape index (κ1) is 15.7. The normalized spacial score (nSPS) is 11.2. The molecule has 0 atom stereocenters. The van der Waals surface area contributed by atoms with Crippen molar-refractivity contribution in [1.82, 2.24) is 4.98 Å². The van der Waals surface area contributed by atoms with E-state index in [2.05, 4.69) is 10.3 Å². The highest BCUT2D eigenvalue weighted by Crippen LogP contribution is 2.31. The van der Waals surface area contributed by atoms with Crippen LogP contribution in [0.2, 0.25) is 0 Å². The number of pyridine rings is 1. The maximum atomic E-state index is 11.7. The Balaban J connectivity index is 2.62. The number of nitrogens with two attached hydrogens (primary N) is 2. The Labute approximate surface area is 126 Å². The number of sulfonamides is 1. The van der Waals surface area contributed by atoms with Gasteiger partial charge in [-0.05, 0) is 31.2 Å². The third-order valence-electron chi connectivity index (χ3n) is 2.83. The molecular formula is C13H14N4O4S. The van der Waals surface area contributed by atoms with Gasteiger partial charge in [0.15, 0.2) is 0 Å². The molecule has 1 heterocycles. The Morgan fingerprint density at radius 2 is 2.00 bits per heavy atom. The molecule has 1 aromatic carbocycles. The van der Waals surface area contributed by atoms with Crippen molar-refractivity contribution in [3.8, 4) is 0 Å². The van der Waals surface area contributed by atoms with Crippen LogP contribution in [0, 0.1) is 6.92 Å². The van der Waals surface area contributed by atoms with Crippen LogP contribution in [-0.2, 0) is 10.0 Å². The summed E-state index contributed by atoms with van der Waals surface area (Å²) in [7, 11) is -4.18. The Hall–Kier alpha value is -2.65. The first-order valence-corrected chi connectivity index (χ1v) is 7.63. The fraction of sp³-hybridized carbons (Fsp3) is 0.0769. The van der Waals surface area contributed by atoms with Gasteiger partial charge in [0.1, 0.15) is 10.7 Å². The van der Waals surface area contributed by atoms with Gasteiger partial charge in [-0.1, -0.05) is 6.07 Å². The van der Waals surface area contributed by atoms with Crippen LogP contribution in [0.1, 0.15) is 16.1 Å². The number of carboxylic acid groups (broad SMARTS) is 1. The summed E-state index contributed by atoms with van der Waals surface area (Å²) in [5, 5.41) is 16.9. The van der Waals surface area contributed by atoms with E-state index in [1.165, 1.54) is 0 Å². The molecule has 1 aromatic heterocycles. The molecule has 116 valence electrons. The third kappa shape index (κ3) is 3.32. The summed E-state index contributed by atoms with van der Waals surface area (Å²) in [5.41, 5.74) is 6.13. The summed E-state index contributed by atoms with van der Waals surface area (Å²) < 4.78 is 23.4. The van der Waals surface area contributed by atoms with Gasteiger partial charge in [-0.2, -0.15) is 0 Å². The first-order valence-electron chi connectivity index (χ1n) is 6.09. The number of nitrogens with one attached hydrogen (secondary N) is 1. The largest absolute Gasteiger partial charge is 0.478 e. The topological polar surface area (TPSA) is 148 Å². The maximum Gasteiger partial charge on any atom is 0.335 e. The van der Waals surface area contributed by atoms with Gasteiger partial charge in [0, 0.05) is 5.69 Å². The van der Waals surface area contributed by atoms with Crippen LogP contribution < -0.4 is 16.2 Å². The fourth-order valence-corrected chi connectivity index (χ4v) is 2.60. The highest BCUT2D eigenvalue weighted by Gasteiger charge is 2.20. The number of primary sulfonamides is 1. The number of rotatable bonds is 4. The molecule has 0 amide bonds. The minimum atomic E-state index is -4.18. The van der Waals surface area contributed by atoms with Crippen molar-refractivity contribution in [2.24, 2.45) is 5.14 Å². The molecule has 0 saturated carbocycles. The predicted octanol–water partition coefficient (Wildman–Crippen LogP) is 1.06. The second-order valence-corrected chi connectivity index (χ2v) is 6.11. The van der Waals surface area contributed by atoms with E-state index in [0.717, 1.165) is 12.1 Å². The van der Waals surface area contributed by atoms with Crippen molar-refractivity contribution in [3.05, 3.63) is 41.6 Å². The van der Waals surface area contributed by atoms with Crippen LogP contribution in [0.5, 0.6) is 0 Å². The number of carbonyl (C=O) groups is 1. The number of hydrogen-bond acceptors (Lipinski definition) is 6. The molecule has 0 aliphatic rings. The molecule has 6 N–H and O–H groups in total. The molecule has 0 aliphatic carbocycles. The number of aryl methyl sites for hydroxylation is 1. The molecule has 0 aliphatic heterocycles. The molecule has 2 aromatic rings. The third-order valence-corrected chi connectivity index (χ3v) is 3.76. The average Bonchev–Trinajstić information content (AvgIpc) is 2.39. The van der Waals surface area contributed by atoms with Gasteiger partial charge >= 0.3 is 5.97 Å². The maximum absolute atomic E-state index is 11.7. The van der Waals surface area contributed by atoms with E-state index < -0.39 is 20.9 Å². The SMILES string of the molecule is Cc1cccc(Nc2c(N)cc(C(=O)O)cc2S(N)(=O)=O)n1. The van der Waals surface area contributed by atoms with E-state index in [1.54, 1.807) is 25.1 Å². The zero-order valence-electron chi connectivity index (χ0n) is 11.6. The highest BCUT2D eigenvalue weighted by molar-refractivity contribution is 7.89. The zero-order valence-corrected chi connectivity index (χ0v) is 12.4. The Morgan fingerprint density at radius 1 is 1.32 bits per heavy atom. The number of nitrogens with zero attached hydrogens (tertiary/aromatic N) is 1. The van der Waals surface area contributed by atoms with E-state index in [0.29, 0.717) is 11.5 Å². The molecule has 0 bridgehead atoms. The molecule has 0 radical (unpaired) electrons. The standard InChI is InChI=1S/C13H14N4O4S/c1-7-3-2-4-11(16-7)17-12-9(14)5-8(13(18)19)6-10(12)22(15,20)21/h2-6H,14H2,1H3,(H,16,17)(H,18,19)(H2,15,20,21). The first-order chi connectivity index (χ1) is 10.2. The van der Waals surface area contributed by atoms with E-state index in [9.17, 15) is 13.2 Å². The lowest BCUT2D eigenvalue weighted by atomic mass is 10.1. The molecule has 22 heavy (non-hydrogen) atoms. The van der Waals surface area contributed by atoms with Gasteiger partial charge in [-0.15, -0.1) is 0 Å². The summed E-state index contributed by atoms with van der Waals surface area (Å²) in [6, 6.07) is 7.21. The van der Waals surface area contributed by atoms with Crippen LogP contribution in [-0.4, -0.2) is 24.5 Å². The van der Waals surface area contributed by atoms with Gasteiger partial charge in [-0.3, -0.25) is 0 Å². The van der Waals surface area contributed by atoms with Crippen molar-refractivity contribution in [3.63, 3.8) is 0 Å². The van der Waals surface area contributed by atoms with Crippen LogP contribution in [0.4, 0.5) is 17.2 Å². The van der Waals surface area contributed by atoms with Gasteiger partial charge < -0.3 is 16.2 Å². The Bertz CT molecular complexity index is 849. The molecule has 0 fully saturated rings. The molecule has 8 nitrogen and oxygen atoms in total. The van der Waals surface area contributed by atoms with E-state index in [4.69, 9.17) is 16.0 Å². The molecule has 2 rings (SSSR count). The van der Waals surface area contributed by atoms with Crippen molar-refractivity contribution in [1.29, 1.82) is 0 Å². The number of benzene rings is 1. The van der Waals surface area contributed by atoms with Crippen molar-refractivity contribution in [2.45, 2.75) is 11.8 Å². The molecule has 9 heteroatoms. The highest BCUT2D eigenvalue weighted by atomic mass is 32.2. The molecular weight excluding hydrogens is 308 g/mol. The lowest BCUT2D eigenvalue weighted by Crippen LogP contribution is -2.16. The second-order valence-electron chi connectivity index (χ2n) is 4.58. The van der Waals surface area contributed by atoms with Crippen molar-refractivity contribution >= 4 is 33.2 Å². The van der Waals surface area contributed by atoms with Crippen LogP contribution >= 0.6 is 0 Å². The van der Waals surface area contributed by atoms with Gasteiger partial charge in [-0.25, -0.2) is 23.3 Å². The number of hydrogen-bond donors (Lipinski definition) is 4. The van der Waals surface area contributed by atoms with Crippen LogP contribution in [0.15, 0.2) is 35.2 Å². The van der Waals surface area contributed by atoms with Crippen LogP contribution in [0.25, 0.3) is 0 Å². The zero-order chi connectivity index (χ0) is 16.5. The summed E-state index contributed by atoms with van der Waals surface area (Å²) >= 11 is 0. The van der Waals surface area contributed by atoms with Gasteiger partial charge in [0.2, 0.25) is 10.0 Å². The smallest absolute Gasteiger partial charge is 0.335 e. The Morgan fingerprint density at radius 3 is 2.55 bits per heavy atom. The summed E-state index contributed by atoms with van der Waals surface area (Å²) in [6.07, 6.45) is 0. The monoisotopic (exact) mass is 322 g/mol. The summed E-state index contributed by atoms with van der Waals surface area (Å²) in [4.78, 5) is 14.8. The minimum Gasteiger partial charge on any atom is -0.478 e. The van der Waals surface area contributed by atoms with E-state index >= 15 is 0 Å². The molecule has 0 unspecified atom stereocenters. The number of anilines is 3. The average molecular weight is 322 g/mol. The van der Waals surface area contributed by atoms with Gasteiger partial charge in [0.05, 0.1) is 16.9 Å². The fourth-order valence-electron chi connectivity index (χ4n) is 1.86. The number of carboxylic acids is 1. The van der Waals surface area contributed by atoms with Crippen LogP contribution in [0.3, 0.4) is 0 Å². The van der Waals surface area contributed by atoms with Crippen molar-refractivity contribution in [2.75, 3.05) is 11.1 Å². The number of nitrogen functional groups attached to an aromatic ring is 1. The van der Waals surface area contributed by atoms with Crippen molar-refractivity contribution < 1.29 is 18.3 Å². The van der Waals surface area contributed by atoms with Gasteiger partial charge in [0.25, 0.3) is 0 Å². The van der Waals surface area contributed by atoms with E-state index in [-0.39, 0.29) is 16.9 Å². The second kappa shape index (κ2) is 5.62. The molecule has 0 saturated heterocycles. The number of aromatic nitrogens is 1. The minimum absolute atomic E-state index is 0.00870. The van der Waals surface area contributed by atoms with E-state index in [1.807, 2.05) is 0 Å². The quantitative estimate of drug-likeness (QED) is 0.615. The predicted molar refractivity (Wildman–Crippen MR) is 81.4 cm³/mol. The lowest BCUT2D eigenvalue weighted by Gasteiger charge is -2.14. The summed E-state index contributed by atoms with van der Waals surface area (Å²) in [5.74, 6) is -0.948. The summed E-state index contributed by atoms with van der Waals surface area (Å²) in [6.45, 7) is 1.77. The Kier molecular flexibility index (Phi) is 4.02. The number of aromatic carboxylic acids is 1.